The Hall–Kier alpha value is -2.42. The molecule has 0 saturated heterocycles. The lowest BCUT2D eigenvalue weighted by Gasteiger charge is -2.39. The van der Waals surface area contributed by atoms with Crippen LogP contribution < -0.4 is 4.74 Å². The number of aliphatic hydroxyl groups excluding tert-OH is 2. The number of ketones is 1. The average molecular weight is 408 g/mol. The molecule has 0 unspecified atom stereocenters. The highest BCUT2D eigenvalue weighted by Gasteiger charge is 2.51. The van der Waals surface area contributed by atoms with Gasteiger partial charge in [0.2, 0.25) is 0 Å². The quantitative estimate of drug-likeness (QED) is 0.286. The molecule has 2 atom stereocenters. The summed E-state index contributed by atoms with van der Waals surface area (Å²) in [5, 5.41) is 40.8. The molecule has 0 heterocycles. The van der Waals surface area contributed by atoms with Gasteiger partial charge in [-0.1, -0.05) is 25.5 Å². The molecule has 8 heteroatoms. The number of carbonyl (C=O) groups is 2. The molecule has 2 rings (SSSR count). The third-order valence-corrected chi connectivity index (χ3v) is 5.01. The molecule has 160 valence electrons. The van der Waals surface area contributed by atoms with Gasteiger partial charge in [0.1, 0.15) is 0 Å². The summed E-state index contributed by atoms with van der Waals surface area (Å²) in [7, 11) is 1.40. The van der Waals surface area contributed by atoms with Crippen LogP contribution >= 0.6 is 0 Å². The van der Waals surface area contributed by atoms with Crippen LogP contribution in [0.5, 0.6) is 11.5 Å². The summed E-state index contributed by atoms with van der Waals surface area (Å²) in [6.45, 7) is 2.07. The van der Waals surface area contributed by atoms with Gasteiger partial charge < -0.3 is 29.9 Å². The third-order valence-electron chi connectivity index (χ3n) is 5.01. The minimum atomic E-state index is -2.03. The van der Waals surface area contributed by atoms with Gasteiger partial charge in [0, 0.05) is 12.8 Å². The molecule has 1 aromatic carbocycles. The van der Waals surface area contributed by atoms with E-state index in [0.717, 1.165) is 6.42 Å². The number of methoxy groups -OCH3 is 1. The van der Waals surface area contributed by atoms with Crippen LogP contribution in [0.15, 0.2) is 24.3 Å². The number of phenols is 1. The summed E-state index contributed by atoms with van der Waals surface area (Å²) in [5.74, 6) is -2.42. The lowest BCUT2D eigenvalue weighted by molar-refractivity contribution is -0.185. The molecule has 0 spiro atoms. The summed E-state index contributed by atoms with van der Waals surface area (Å²) in [5.41, 5.74) is -1.46. The van der Waals surface area contributed by atoms with Crippen molar-refractivity contribution in [2.24, 2.45) is 5.92 Å². The highest BCUT2D eigenvalue weighted by atomic mass is 16.5. The Morgan fingerprint density at radius 1 is 1.24 bits per heavy atom. The highest BCUT2D eigenvalue weighted by Crippen LogP contribution is 2.35. The van der Waals surface area contributed by atoms with Crippen molar-refractivity contribution in [3.8, 4) is 11.5 Å². The van der Waals surface area contributed by atoms with Gasteiger partial charge in [-0.25, -0.2) is 4.79 Å². The summed E-state index contributed by atoms with van der Waals surface area (Å²) >= 11 is 0. The fourth-order valence-electron chi connectivity index (χ4n) is 3.36. The Bertz CT molecular complexity index is 745. The van der Waals surface area contributed by atoms with Crippen LogP contribution in [0.3, 0.4) is 0 Å². The molecule has 0 aromatic heterocycles. The normalized spacial score (nSPS) is 27.0. The molecule has 0 amide bonds. The van der Waals surface area contributed by atoms with E-state index < -0.39 is 48.3 Å². The Morgan fingerprint density at radius 2 is 1.90 bits per heavy atom. The smallest absolute Gasteiger partial charge is 0.338 e. The Labute approximate surface area is 169 Å². The lowest BCUT2D eigenvalue weighted by Crippen LogP contribution is -2.55. The van der Waals surface area contributed by atoms with Crippen LogP contribution in [0.4, 0.5) is 0 Å². The maximum Gasteiger partial charge on any atom is 0.338 e. The van der Waals surface area contributed by atoms with Crippen molar-refractivity contribution >= 4 is 17.8 Å². The number of allylic oxidation sites excluding steroid dienone is 1. The van der Waals surface area contributed by atoms with Crippen molar-refractivity contribution in [3.63, 3.8) is 0 Å². The van der Waals surface area contributed by atoms with Crippen molar-refractivity contribution in [1.82, 2.24) is 0 Å². The van der Waals surface area contributed by atoms with E-state index >= 15 is 0 Å². The first-order valence-corrected chi connectivity index (χ1v) is 9.56. The van der Waals surface area contributed by atoms with Crippen LogP contribution in [-0.2, 0) is 14.3 Å². The number of aliphatic hydroxyl groups is 3. The fourth-order valence-corrected chi connectivity index (χ4v) is 3.36. The molecule has 0 bridgehead atoms. The lowest BCUT2D eigenvalue weighted by atomic mass is 9.73. The molecular formula is C21H28O8. The average Bonchev–Trinajstić information content (AvgIpc) is 2.66. The molecule has 1 aromatic rings. The van der Waals surface area contributed by atoms with Gasteiger partial charge in [-0.2, -0.15) is 0 Å². The number of hydrogen-bond donors (Lipinski definition) is 4. The van der Waals surface area contributed by atoms with Gasteiger partial charge in [0.25, 0.3) is 0 Å². The van der Waals surface area contributed by atoms with E-state index in [1.807, 2.05) is 6.92 Å². The number of rotatable bonds is 8. The zero-order chi connectivity index (χ0) is 21.6. The Balaban J connectivity index is 2.06. The minimum absolute atomic E-state index is 0.0424. The van der Waals surface area contributed by atoms with Crippen LogP contribution in [0.25, 0.3) is 6.08 Å². The van der Waals surface area contributed by atoms with Gasteiger partial charge in [0.15, 0.2) is 22.9 Å². The summed E-state index contributed by atoms with van der Waals surface area (Å²) in [6.07, 6.45) is 0.505. The molecule has 1 aliphatic carbocycles. The van der Waals surface area contributed by atoms with E-state index in [1.165, 1.54) is 31.4 Å². The van der Waals surface area contributed by atoms with Crippen molar-refractivity contribution in [2.45, 2.75) is 50.4 Å². The van der Waals surface area contributed by atoms with Gasteiger partial charge in [-0.15, -0.1) is 0 Å². The summed E-state index contributed by atoms with van der Waals surface area (Å²) in [4.78, 5) is 24.7. The van der Waals surface area contributed by atoms with E-state index in [2.05, 4.69) is 0 Å². The molecule has 8 nitrogen and oxygen atoms in total. The first kappa shape index (κ1) is 22.9. The monoisotopic (exact) mass is 408 g/mol. The molecular weight excluding hydrogens is 380 g/mol. The zero-order valence-electron chi connectivity index (χ0n) is 16.6. The maximum absolute atomic E-state index is 12.5. The predicted molar refractivity (Wildman–Crippen MR) is 104 cm³/mol. The molecule has 4 N–H and O–H groups in total. The van der Waals surface area contributed by atoms with E-state index in [0.29, 0.717) is 12.0 Å². The highest BCUT2D eigenvalue weighted by molar-refractivity contribution is 5.96. The minimum Gasteiger partial charge on any atom is -0.504 e. The molecule has 0 radical (unpaired) electrons. The predicted octanol–water partition coefficient (Wildman–Crippen LogP) is 1.19. The number of ether oxygens (including phenoxy) is 2. The van der Waals surface area contributed by atoms with E-state index in [-0.39, 0.29) is 18.1 Å². The number of unbranched alkanes of at least 4 members (excludes halogenated alkanes) is 1. The Morgan fingerprint density at radius 3 is 2.48 bits per heavy atom. The van der Waals surface area contributed by atoms with Gasteiger partial charge in [-0.05, 0) is 30.2 Å². The topological polar surface area (TPSA) is 134 Å². The number of aromatic hydroxyl groups is 1. The zero-order valence-corrected chi connectivity index (χ0v) is 16.6. The van der Waals surface area contributed by atoms with Crippen LogP contribution in [0.1, 0.15) is 38.2 Å². The van der Waals surface area contributed by atoms with E-state index in [4.69, 9.17) is 9.47 Å². The largest absolute Gasteiger partial charge is 0.504 e. The molecule has 29 heavy (non-hydrogen) atoms. The first-order chi connectivity index (χ1) is 13.7. The van der Waals surface area contributed by atoms with Crippen molar-refractivity contribution in [3.05, 3.63) is 29.8 Å². The third kappa shape index (κ3) is 5.56. The van der Waals surface area contributed by atoms with Gasteiger partial charge in [0.05, 0.1) is 31.8 Å². The number of hydrogen-bond acceptors (Lipinski definition) is 8. The van der Waals surface area contributed by atoms with Crippen molar-refractivity contribution in [1.29, 1.82) is 0 Å². The fraction of sp³-hybridized carbons (Fsp3) is 0.524. The number of esters is 1. The van der Waals surface area contributed by atoms with Crippen LogP contribution in [-0.4, -0.2) is 63.7 Å². The number of phenolic OH excluding ortho intramolecular Hbond substituents is 1. The van der Waals surface area contributed by atoms with Crippen LogP contribution in [0.2, 0.25) is 0 Å². The SMILES string of the molecule is CCCCOC(=O)C1(O)C[C@@H](O)C(C(=O)/C=C/c2ccc(O)c(OC)c2)[C@H](O)C1. The molecule has 1 fully saturated rings. The summed E-state index contributed by atoms with van der Waals surface area (Å²) < 4.78 is 10.0. The molecule has 1 saturated carbocycles. The maximum atomic E-state index is 12.5. The second kappa shape index (κ2) is 9.87. The van der Waals surface area contributed by atoms with Gasteiger partial charge >= 0.3 is 5.97 Å². The van der Waals surface area contributed by atoms with Gasteiger partial charge in [-0.3, -0.25) is 4.79 Å². The number of benzene rings is 1. The molecule has 1 aliphatic rings. The Kier molecular flexibility index (Phi) is 7.78. The number of carbonyl (C=O) groups excluding carboxylic acids is 2. The van der Waals surface area contributed by atoms with Crippen LogP contribution in [0, 0.1) is 5.92 Å². The van der Waals surface area contributed by atoms with E-state index in [1.54, 1.807) is 6.07 Å². The van der Waals surface area contributed by atoms with E-state index in [9.17, 15) is 30.0 Å². The second-order valence-electron chi connectivity index (χ2n) is 7.26. The summed E-state index contributed by atoms with van der Waals surface area (Å²) in [6, 6.07) is 4.51. The van der Waals surface area contributed by atoms with Crippen molar-refractivity contribution < 1.29 is 39.5 Å². The first-order valence-electron chi connectivity index (χ1n) is 9.56. The van der Waals surface area contributed by atoms with Crippen molar-refractivity contribution in [2.75, 3.05) is 13.7 Å². The molecule has 0 aliphatic heterocycles. The second-order valence-corrected chi connectivity index (χ2v) is 7.26. The standard InChI is InChI=1S/C21H28O8/c1-3-4-9-29-20(26)21(27)11-16(24)19(17(25)12-21)15(23)8-6-13-5-7-14(22)18(10-13)28-2/h5-8,10,16-17,19,22,24-25,27H,3-4,9,11-12H2,1-2H3/b8-6+/t16-,17-,19?,21?/m1/s1.